The Labute approximate surface area is 149 Å². The summed E-state index contributed by atoms with van der Waals surface area (Å²) in [5, 5.41) is 6.73. The highest BCUT2D eigenvalue weighted by Gasteiger charge is 2.46. The van der Waals surface area contributed by atoms with Crippen LogP contribution in [0.4, 0.5) is 4.39 Å². The average Bonchev–Trinajstić information content (AvgIpc) is 3.29. The second-order valence-corrected chi connectivity index (χ2v) is 6.16. The average molecular weight is 362 g/mol. The number of esters is 1. The van der Waals surface area contributed by atoms with Crippen LogP contribution in [0.2, 0.25) is 0 Å². The number of oxime groups is 1. The fourth-order valence-corrected chi connectivity index (χ4v) is 2.93. The topological polar surface area (TPSA) is 86.2 Å². The van der Waals surface area contributed by atoms with Gasteiger partial charge < -0.3 is 19.6 Å². The molecule has 1 aromatic carbocycles. The van der Waals surface area contributed by atoms with Gasteiger partial charge in [-0.2, -0.15) is 0 Å². The quantitative estimate of drug-likeness (QED) is 0.631. The number of nitrogens with zero attached hydrogens (tertiary/aromatic N) is 1. The highest BCUT2D eigenvalue weighted by molar-refractivity contribution is 6.06. The van der Waals surface area contributed by atoms with Crippen molar-refractivity contribution in [1.29, 1.82) is 0 Å². The van der Waals surface area contributed by atoms with E-state index in [0.717, 1.165) is 0 Å². The number of nitrogens with one attached hydrogen (secondary N) is 1. The molecular formula is C18H19FN2O5. The first-order valence-corrected chi connectivity index (χ1v) is 8.12. The number of carbonyl (C=O) groups excluding carboxylic acids is 2. The minimum Gasteiger partial charge on any atom is -0.467 e. The third kappa shape index (κ3) is 3.45. The minimum atomic E-state index is -1.38. The van der Waals surface area contributed by atoms with Gasteiger partial charge in [-0.25, -0.2) is 9.18 Å². The first-order valence-electron chi connectivity index (χ1n) is 8.12. The van der Waals surface area contributed by atoms with Crippen LogP contribution < -0.4 is 5.32 Å². The summed E-state index contributed by atoms with van der Waals surface area (Å²) < 4.78 is 23.4. The molecule has 1 unspecified atom stereocenters. The summed E-state index contributed by atoms with van der Waals surface area (Å²) in [5.74, 6) is -1.32. The summed E-state index contributed by atoms with van der Waals surface area (Å²) in [4.78, 5) is 29.6. The summed E-state index contributed by atoms with van der Waals surface area (Å²) in [6.07, 6.45) is 1.10. The standard InChI is InChI=1S/C18H19FN2O5/c1-3-18(9-14(21-26-18)11-5-4-6-12(19)7-11)17(23)20-13-8-15(25-10-13)16(22)24-2/h3-7,13,15H,1,8-10H2,2H3,(H,20,23)/t13-,15-,18?/m1/s1. The summed E-state index contributed by atoms with van der Waals surface area (Å²) in [6.45, 7) is 3.86. The molecule has 0 spiro atoms. The Hall–Kier alpha value is -2.74. The van der Waals surface area contributed by atoms with Crippen molar-refractivity contribution in [2.45, 2.75) is 30.6 Å². The Morgan fingerprint density at radius 2 is 2.31 bits per heavy atom. The third-order valence-electron chi connectivity index (χ3n) is 4.42. The Bertz CT molecular complexity index is 766. The SMILES string of the molecule is C=CC1(C(=O)N[C@H]2CO[C@@H](C(=O)OC)C2)CC(c2cccc(F)c2)=NO1. The molecule has 2 heterocycles. The molecule has 138 valence electrons. The molecule has 3 rings (SSSR count). The summed E-state index contributed by atoms with van der Waals surface area (Å²) in [7, 11) is 1.28. The van der Waals surface area contributed by atoms with Crippen molar-refractivity contribution in [3.05, 3.63) is 48.3 Å². The molecule has 1 fully saturated rings. The maximum Gasteiger partial charge on any atom is 0.335 e. The van der Waals surface area contributed by atoms with Gasteiger partial charge in [0, 0.05) is 18.4 Å². The maximum absolute atomic E-state index is 13.4. The number of carbonyl (C=O) groups is 2. The largest absolute Gasteiger partial charge is 0.467 e. The number of halogens is 1. The molecule has 0 saturated carbocycles. The van der Waals surface area contributed by atoms with Gasteiger partial charge in [-0.1, -0.05) is 23.9 Å². The molecule has 2 aliphatic rings. The van der Waals surface area contributed by atoms with E-state index >= 15 is 0 Å². The maximum atomic E-state index is 13.4. The summed E-state index contributed by atoms with van der Waals surface area (Å²) >= 11 is 0. The number of hydrogen-bond donors (Lipinski definition) is 1. The van der Waals surface area contributed by atoms with E-state index in [1.807, 2.05) is 0 Å². The van der Waals surface area contributed by atoms with Crippen molar-refractivity contribution in [3.63, 3.8) is 0 Å². The number of methoxy groups -OCH3 is 1. The Kier molecular flexibility index (Phi) is 5.03. The number of amides is 1. The molecule has 0 radical (unpaired) electrons. The zero-order valence-corrected chi connectivity index (χ0v) is 14.2. The zero-order valence-electron chi connectivity index (χ0n) is 14.2. The predicted molar refractivity (Wildman–Crippen MR) is 89.9 cm³/mol. The second kappa shape index (κ2) is 7.25. The molecule has 8 heteroatoms. The molecule has 1 saturated heterocycles. The van der Waals surface area contributed by atoms with Crippen LogP contribution in [-0.2, 0) is 23.9 Å². The molecule has 2 aliphatic heterocycles. The van der Waals surface area contributed by atoms with Gasteiger partial charge in [0.2, 0.25) is 5.60 Å². The number of ether oxygens (including phenoxy) is 2. The van der Waals surface area contributed by atoms with Crippen LogP contribution in [0.15, 0.2) is 42.1 Å². The Morgan fingerprint density at radius 1 is 1.50 bits per heavy atom. The van der Waals surface area contributed by atoms with E-state index in [0.29, 0.717) is 17.7 Å². The molecule has 3 atom stereocenters. The van der Waals surface area contributed by atoms with Crippen LogP contribution in [-0.4, -0.2) is 49.1 Å². The summed E-state index contributed by atoms with van der Waals surface area (Å²) in [6, 6.07) is 5.54. The third-order valence-corrected chi connectivity index (χ3v) is 4.42. The van der Waals surface area contributed by atoms with Crippen LogP contribution in [0.1, 0.15) is 18.4 Å². The smallest absolute Gasteiger partial charge is 0.335 e. The second-order valence-electron chi connectivity index (χ2n) is 6.16. The van der Waals surface area contributed by atoms with E-state index in [2.05, 4.69) is 21.8 Å². The molecule has 1 aromatic rings. The van der Waals surface area contributed by atoms with Crippen molar-refractivity contribution >= 4 is 17.6 Å². The number of benzene rings is 1. The predicted octanol–water partition coefficient (Wildman–Crippen LogP) is 1.32. The normalized spacial score (nSPS) is 27.4. The van der Waals surface area contributed by atoms with Gasteiger partial charge in [-0.05, 0) is 18.2 Å². The van der Waals surface area contributed by atoms with Crippen molar-refractivity contribution in [2.75, 3.05) is 13.7 Å². The van der Waals surface area contributed by atoms with E-state index in [-0.39, 0.29) is 19.1 Å². The van der Waals surface area contributed by atoms with Crippen molar-refractivity contribution in [1.82, 2.24) is 5.32 Å². The molecule has 26 heavy (non-hydrogen) atoms. The van der Waals surface area contributed by atoms with E-state index < -0.39 is 29.4 Å². The van der Waals surface area contributed by atoms with Gasteiger partial charge in [0.25, 0.3) is 5.91 Å². The molecule has 0 aromatic heterocycles. The zero-order chi connectivity index (χ0) is 18.7. The lowest BCUT2D eigenvalue weighted by molar-refractivity contribution is -0.151. The van der Waals surface area contributed by atoms with E-state index in [9.17, 15) is 14.0 Å². The highest BCUT2D eigenvalue weighted by Crippen LogP contribution is 2.29. The van der Waals surface area contributed by atoms with Crippen LogP contribution in [0.3, 0.4) is 0 Å². The van der Waals surface area contributed by atoms with Crippen molar-refractivity contribution < 1.29 is 28.3 Å². The van der Waals surface area contributed by atoms with Crippen LogP contribution in [0, 0.1) is 5.82 Å². The van der Waals surface area contributed by atoms with Gasteiger partial charge in [0.15, 0.2) is 6.10 Å². The highest BCUT2D eigenvalue weighted by atomic mass is 19.1. The molecular weight excluding hydrogens is 343 g/mol. The molecule has 1 N–H and O–H groups in total. The summed E-state index contributed by atoms with van der Waals surface area (Å²) in [5.41, 5.74) is -0.392. The first kappa shape index (κ1) is 18.1. The van der Waals surface area contributed by atoms with Gasteiger partial charge in [0.1, 0.15) is 5.82 Å². The Morgan fingerprint density at radius 3 is 3.00 bits per heavy atom. The number of rotatable bonds is 5. The lowest BCUT2D eigenvalue weighted by atomic mass is 9.93. The van der Waals surface area contributed by atoms with Gasteiger partial charge in [-0.3, -0.25) is 4.79 Å². The van der Waals surface area contributed by atoms with Gasteiger partial charge >= 0.3 is 5.97 Å². The van der Waals surface area contributed by atoms with E-state index in [1.165, 1.54) is 25.3 Å². The Balaban J connectivity index is 1.65. The number of hydrogen-bond acceptors (Lipinski definition) is 6. The fraction of sp³-hybridized carbons (Fsp3) is 0.389. The van der Waals surface area contributed by atoms with Gasteiger partial charge in [0.05, 0.1) is 25.5 Å². The van der Waals surface area contributed by atoms with Crippen molar-refractivity contribution in [2.24, 2.45) is 5.16 Å². The molecule has 7 nitrogen and oxygen atoms in total. The van der Waals surface area contributed by atoms with Crippen LogP contribution in [0.25, 0.3) is 0 Å². The molecule has 1 amide bonds. The molecule has 0 aliphatic carbocycles. The van der Waals surface area contributed by atoms with Crippen LogP contribution in [0.5, 0.6) is 0 Å². The lowest BCUT2D eigenvalue weighted by Crippen LogP contribution is -2.49. The van der Waals surface area contributed by atoms with E-state index in [1.54, 1.807) is 12.1 Å². The lowest BCUT2D eigenvalue weighted by Gasteiger charge is -2.23. The van der Waals surface area contributed by atoms with E-state index in [4.69, 9.17) is 9.57 Å². The first-order chi connectivity index (χ1) is 12.5. The van der Waals surface area contributed by atoms with Gasteiger partial charge in [-0.15, -0.1) is 0 Å². The van der Waals surface area contributed by atoms with Crippen LogP contribution >= 0.6 is 0 Å². The monoisotopic (exact) mass is 362 g/mol. The molecule has 0 bridgehead atoms. The minimum absolute atomic E-state index is 0.125. The fourth-order valence-electron chi connectivity index (χ4n) is 2.93. The van der Waals surface area contributed by atoms with Crippen molar-refractivity contribution in [3.8, 4) is 0 Å².